The number of hydrogen-bond donors (Lipinski definition) is 0. The molecule has 1 aliphatic rings. The van der Waals surface area contributed by atoms with Crippen molar-refractivity contribution < 1.29 is 9.13 Å². The Morgan fingerprint density at radius 3 is 2.78 bits per heavy atom. The van der Waals surface area contributed by atoms with Gasteiger partial charge >= 0.3 is 0 Å². The molecule has 1 unspecified atom stereocenters. The van der Waals surface area contributed by atoms with Crippen LogP contribution in [0.5, 0.6) is 5.75 Å². The summed E-state index contributed by atoms with van der Waals surface area (Å²) in [5.41, 5.74) is 4.86. The average Bonchev–Trinajstić information content (AvgIpc) is 2.82. The monoisotopic (exact) mass is 430 g/mol. The third-order valence-corrected chi connectivity index (χ3v) is 6.75. The van der Waals surface area contributed by atoms with E-state index in [9.17, 15) is 0 Å². The van der Waals surface area contributed by atoms with E-state index in [1.807, 2.05) is 19.1 Å². The highest BCUT2D eigenvalue weighted by Crippen LogP contribution is 2.37. The zero-order valence-corrected chi connectivity index (χ0v) is 19.5. The van der Waals surface area contributed by atoms with Crippen LogP contribution < -0.4 is 4.74 Å². The van der Waals surface area contributed by atoms with Crippen molar-refractivity contribution in [2.45, 2.75) is 71.1 Å². The molecule has 0 spiro atoms. The number of fused-ring (bicyclic) bond motifs is 2. The van der Waals surface area contributed by atoms with Gasteiger partial charge in [0.05, 0.1) is 6.61 Å². The number of hydrogen-bond acceptors (Lipinski definition) is 1. The van der Waals surface area contributed by atoms with Gasteiger partial charge in [0.25, 0.3) is 0 Å². The molecule has 0 amide bonds. The third kappa shape index (κ3) is 5.23. The van der Waals surface area contributed by atoms with Crippen molar-refractivity contribution >= 4 is 10.8 Å². The highest BCUT2D eigenvalue weighted by molar-refractivity contribution is 5.84. The normalized spacial score (nSPS) is 15.9. The maximum absolute atomic E-state index is 15.5. The van der Waals surface area contributed by atoms with Crippen LogP contribution in [0.1, 0.15) is 74.1 Å². The fourth-order valence-electron chi connectivity index (χ4n) is 4.91. The third-order valence-electron chi connectivity index (χ3n) is 6.75. The molecule has 1 atom stereocenters. The Morgan fingerprint density at radius 2 is 1.94 bits per heavy atom. The molecule has 32 heavy (non-hydrogen) atoms. The zero-order valence-electron chi connectivity index (χ0n) is 19.5. The molecule has 4 rings (SSSR count). The minimum absolute atomic E-state index is 0.0278. The molecule has 0 N–H and O–H groups in total. The van der Waals surface area contributed by atoms with E-state index in [0.717, 1.165) is 54.2 Å². The lowest BCUT2D eigenvalue weighted by molar-refractivity contribution is 0.324. The van der Waals surface area contributed by atoms with Gasteiger partial charge < -0.3 is 4.74 Å². The van der Waals surface area contributed by atoms with Crippen molar-refractivity contribution in [1.29, 1.82) is 0 Å². The second-order valence-electron chi connectivity index (χ2n) is 9.06. The summed E-state index contributed by atoms with van der Waals surface area (Å²) in [6, 6.07) is 16.8. The van der Waals surface area contributed by atoms with E-state index in [4.69, 9.17) is 4.74 Å². The quantitative estimate of drug-likeness (QED) is 0.245. The molecule has 1 nitrogen and oxygen atoms in total. The summed E-state index contributed by atoms with van der Waals surface area (Å²) in [6.07, 6.45) is 12.7. The standard InChI is InChI=1S/C30H35FO/c1-3-5-7-9-22-10-16-28-25(19-22)14-17-29(30(28)31)26-12-11-24-21-27(15-13-23(24)20-26)32-18-8-6-4-2/h4,6,10,13-17,19,21,26H,3,5,7-9,11-12,18,20H2,1-2H3. The van der Waals surface area contributed by atoms with Crippen molar-refractivity contribution in [3.63, 3.8) is 0 Å². The lowest BCUT2D eigenvalue weighted by Gasteiger charge is -2.26. The van der Waals surface area contributed by atoms with E-state index < -0.39 is 0 Å². The van der Waals surface area contributed by atoms with Gasteiger partial charge in [0.2, 0.25) is 0 Å². The number of ether oxygens (including phenoxy) is 1. The summed E-state index contributed by atoms with van der Waals surface area (Å²) in [5, 5.41) is 1.79. The van der Waals surface area contributed by atoms with Gasteiger partial charge in [-0.05, 0) is 91.1 Å². The zero-order chi connectivity index (χ0) is 22.3. The van der Waals surface area contributed by atoms with Gasteiger partial charge in [-0.3, -0.25) is 0 Å². The summed E-state index contributed by atoms with van der Waals surface area (Å²) in [6.45, 7) is 4.95. The van der Waals surface area contributed by atoms with E-state index in [-0.39, 0.29) is 11.7 Å². The first-order valence-corrected chi connectivity index (χ1v) is 12.3. The molecule has 0 fully saturated rings. The number of benzene rings is 3. The van der Waals surface area contributed by atoms with Gasteiger partial charge in [-0.2, -0.15) is 0 Å². The maximum Gasteiger partial charge on any atom is 0.134 e. The van der Waals surface area contributed by atoms with Gasteiger partial charge in [0, 0.05) is 5.39 Å². The Morgan fingerprint density at radius 1 is 1.03 bits per heavy atom. The lowest BCUT2D eigenvalue weighted by Crippen LogP contribution is -2.14. The number of halogens is 1. The van der Waals surface area contributed by atoms with Crippen LogP contribution in [0.2, 0.25) is 0 Å². The predicted molar refractivity (Wildman–Crippen MR) is 133 cm³/mol. The Bertz CT molecular complexity index is 1080. The first kappa shape index (κ1) is 22.6. The van der Waals surface area contributed by atoms with Crippen LogP contribution in [0.4, 0.5) is 4.39 Å². The highest BCUT2D eigenvalue weighted by atomic mass is 19.1. The number of unbranched alkanes of at least 4 members (excludes halogenated alkanes) is 2. The molecule has 3 aromatic rings. The van der Waals surface area contributed by atoms with Crippen LogP contribution in [0, 0.1) is 5.82 Å². The minimum atomic E-state index is -0.0278. The van der Waals surface area contributed by atoms with Gasteiger partial charge in [-0.1, -0.05) is 68.3 Å². The fourth-order valence-corrected chi connectivity index (χ4v) is 4.91. The van der Waals surface area contributed by atoms with Crippen LogP contribution in [0.25, 0.3) is 10.8 Å². The summed E-state index contributed by atoms with van der Waals surface area (Å²) >= 11 is 0. The molecule has 0 saturated heterocycles. The second kappa shape index (κ2) is 10.8. The Kier molecular flexibility index (Phi) is 7.63. The second-order valence-corrected chi connectivity index (χ2v) is 9.06. The number of rotatable bonds is 9. The molecule has 1 aliphatic carbocycles. The van der Waals surface area contributed by atoms with Crippen LogP contribution in [-0.4, -0.2) is 6.61 Å². The topological polar surface area (TPSA) is 9.23 Å². The maximum atomic E-state index is 15.5. The first-order valence-electron chi connectivity index (χ1n) is 12.3. The van der Waals surface area contributed by atoms with E-state index in [1.165, 1.54) is 36.0 Å². The van der Waals surface area contributed by atoms with E-state index >= 15 is 4.39 Å². The smallest absolute Gasteiger partial charge is 0.134 e. The molecule has 3 aromatic carbocycles. The lowest BCUT2D eigenvalue weighted by atomic mass is 9.79. The molecule has 0 bridgehead atoms. The van der Waals surface area contributed by atoms with Crippen molar-refractivity contribution in [2.24, 2.45) is 0 Å². The molecule has 0 radical (unpaired) electrons. The fraction of sp³-hybridized carbons (Fsp3) is 0.400. The Hall–Kier alpha value is -2.61. The molecule has 0 heterocycles. The minimum Gasteiger partial charge on any atom is -0.493 e. The van der Waals surface area contributed by atoms with Crippen molar-refractivity contribution in [3.05, 3.63) is 88.8 Å². The van der Waals surface area contributed by atoms with Crippen LogP contribution in [-0.2, 0) is 19.3 Å². The van der Waals surface area contributed by atoms with Crippen LogP contribution in [0.3, 0.4) is 0 Å². The van der Waals surface area contributed by atoms with Gasteiger partial charge in [0.1, 0.15) is 11.6 Å². The van der Waals surface area contributed by atoms with Crippen molar-refractivity contribution in [2.75, 3.05) is 6.61 Å². The Labute approximate surface area is 192 Å². The molecule has 168 valence electrons. The Balaban J connectivity index is 1.48. The van der Waals surface area contributed by atoms with Crippen molar-refractivity contribution in [1.82, 2.24) is 0 Å². The van der Waals surface area contributed by atoms with E-state index in [1.54, 1.807) is 0 Å². The largest absolute Gasteiger partial charge is 0.493 e. The molecular formula is C30H35FO. The van der Waals surface area contributed by atoms with Gasteiger partial charge in [-0.15, -0.1) is 0 Å². The van der Waals surface area contributed by atoms with E-state index in [0.29, 0.717) is 6.61 Å². The number of aryl methyl sites for hydroxylation is 2. The van der Waals surface area contributed by atoms with Crippen molar-refractivity contribution in [3.8, 4) is 5.75 Å². The average molecular weight is 431 g/mol. The molecule has 0 aliphatic heterocycles. The van der Waals surface area contributed by atoms with Crippen LogP contribution >= 0.6 is 0 Å². The summed E-state index contributed by atoms with van der Waals surface area (Å²) in [5.74, 6) is 1.15. The molecule has 2 heteroatoms. The molecular weight excluding hydrogens is 395 g/mol. The first-order chi connectivity index (χ1) is 15.7. The van der Waals surface area contributed by atoms with E-state index in [2.05, 4.69) is 55.5 Å². The molecule has 0 saturated carbocycles. The summed E-state index contributed by atoms with van der Waals surface area (Å²) in [7, 11) is 0. The summed E-state index contributed by atoms with van der Waals surface area (Å²) < 4.78 is 21.4. The van der Waals surface area contributed by atoms with Gasteiger partial charge in [-0.25, -0.2) is 4.39 Å². The summed E-state index contributed by atoms with van der Waals surface area (Å²) in [4.78, 5) is 0. The SMILES string of the molecule is CC=CCCOc1ccc2c(c1)CCC(c1ccc3cc(CCCCC)ccc3c1F)C2. The predicted octanol–water partition coefficient (Wildman–Crippen LogP) is 8.33. The van der Waals surface area contributed by atoms with Gasteiger partial charge in [0.15, 0.2) is 0 Å². The molecule has 0 aromatic heterocycles. The highest BCUT2D eigenvalue weighted by Gasteiger charge is 2.24. The van der Waals surface area contributed by atoms with Crippen LogP contribution in [0.15, 0.2) is 60.7 Å². The number of allylic oxidation sites excluding steroid dienone is 1.